The molecule has 0 aliphatic rings. The Hall–Kier alpha value is -1.33. The molecule has 0 saturated heterocycles. The van der Waals surface area contributed by atoms with E-state index in [0.717, 1.165) is 31.4 Å². The van der Waals surface area contributed by atoms with Gasteiger partial charge in [0.2, 0.25) is 0 Å². The van der Waals surface area contributed by atoms with E-state index in [2.05, 4.69) is 41.8 Å². The first kappa shape index (κ1) is 11.7. The molecule has 0 aliphatic carbocycles. The van der Waals surface area contributed by atoms with Crippen LogP contribution in [0.5, 0.6) is 0 Å². The largest absolute Gasteiger partial charge is 0.397 e. The van der Waals surface area contributed by atoms with E-state index in [1.807, 2.05) is 36.4 Å². The minimum Gasteiger partial charge on any atom is -0.397 e. The monoisotopic (exact) mass is 365 g/mol. The van der Waals surface area contributed by atoms with Crippen molar-refractivity contribution in [3.8, 4) is 11.4 Å². The lowest BCUT2D eigenvalue weighted by atomic mass is 10.2. The fourth-order valence-electron chi connectivity index (χ4n) is 1.85. The third-order valence-electron chi connectivity index (χ3n) is 2.70. The van der Waals surface area contributed by atoms with Crippen LogP contribution in [0, 0.1) is 0 Å². The fraction of sp³-hybridized carbons (Fsp3) is 0. The summed E-state index contributed by atoms with van der Waals surface area (Å²) in [6.45, 7) is 0. The van der Waals surface area contributed by atoms with E-state index in [-0.39, 0.29) is 0 Å². The third-order valence-corrected chi connectivity index (χ3v) is 3.69. The van der Waals surface area contributed by atoms with Gasteiger partial charge in [-0.1, -0.05) is 44.0 Å². The highest BCUT2D eigenvalue weighted by atomic mass is 79.9. The number of imidazole rings is 1. The highest BCUT2D eigenvalue weighted by molar-refractivity contribution is 9.10. The number of hydrogen-bond acceptors (Lipinski definition) is 2. The Morgan fingerprint density at radius 3 is 2.44 bits per heavy atom. The first-order valence-electron chi connectivity index (χ1n) is 5.34. The molecule has 3 aromatic rings. The van der Waals surface area contributed by atoms with Crippen LogP contribution in [0.15, 0.2) is 45.3 Å². The molecule has 0 unspecified atom stereocenters. The van der Waals surface area contributed by atoms with Crippen molar-refractivity contribution in [2.75, 3.05) is 5.73 Å². The summed E-state index contributed by atoms with van der Waals surface area (Å²) in [7, 11) is 0. The maximum Gasteiger partial charge on any atom is 0.138 e. The normalized spacial score (nSPS) is 11.0. The fourth-order valence-corrected chi connectivity index (χ4v) is 2.59. The predicted molar refractivity (Wildman–Crippen MR) is 81.3 cm³/mol. The first-order chi connectivity index (χ1) is 8.63. The highest BCUT2D eigenvalue weighted by Gasteiger charge is 2.08. The summed E-state index contributed by atoms with van der Waals surface area (Å²) in [6, 6.07) is 11.8. The van der Waals surface area contributed by atoms with Crippen molar-refractivity contribution < 1.29 is 0 Å². The van der Waals surface area contributed by atoms with E-state index in [9.17, 15) is 0 Å². The van der Waals surface area contributed by atoms with Crippen LogP contribution < -0.4 is 5.73 Å². The number of benzene rings is 2. The molecule has 0 spiro atoms. The average Bonchev–Trinajstić information content (AvgIpc) is 2.74. The Labute approximate surface area is 121 Å². The van der Waals surface area contributed by atoms with Gasteiger partial charge in [-0.3, -0.25) is 0 Å². The molecule has 0 amide bonds. The summed E-state index contributed by atoms with van der Waals surface area (Å²) >= 11 is 6.84. The van der Waals surface area contributed by atoms with Crippen molar-refractivity contribution in [1.82, 2.24) is 9.97 Å². The molecule has 0 radical (unpaired) electrons. The van der Waals surface area contributed by atoms with Gasteiger partial charge in [0.25, 0.3) is 0 Å². The molecule has 90 valence electrons. The van der Waals surface area contributed by atoms with Gasteiger partial charge in [0.05, 0.1) is 11.2 Å². The summed E-state index contributed by atoms with van der Waals surface area (Å²) in [5.74, 6) is 0.822. The molecule has 3 rings (SSSR count). The lowest BCUT2D eigenvalue weighted by Gasteiger charge is -1.95. The van der Waals surface area contributed by atoms with Gasteiger partial charge in [-0.05, 0) is 24.3 Å². The minimum absolute atomic E-state index is 0.666. The molecule has 0 atom stereocenters. The number of aromatic amines is 1. The van der Waals surface area contributed by atoms with E-state index in [4.69, 9.17) is 5.73 Å². The molecule has 2 aromatic carbocycles. The Morgan fingerprint density at radius 2 is 1.72 bits per heavy atom. The highest BCUT2D eigenvalue weighted by Crippen LogP contribution is 2.28. The summed E-state index contributed by atoms with van der Waals surface area (Å²) in [5, 5.41) is 0. The quantitative estimate of drug-likeness (QED) is 0.629. The minimum atomic E-state index is 0.666. The smallest absolute Gasteiger partial charge is 0.138 e. The Bertz CT molecular complexity index is 717. The number of rotatable bonds is 1. The molecule has 3 N–H and O–H groups in total. The van der Waals surface area contributed by atoms with Gasteiger partial charge >= 0.3 is 0 Å². The molecule has 5 heteroatoms. The third kappa shape index (κ3) is 2.04. The molecule has 0 fully saturated rings. The zero-order chi connectivity index (χ0) is 12.7. The predicted octanol–water partition coefficient (Wildman–Crippen LogP) is 4.34. The topological polar surface area (TPSA) is 54.7 Å². The first-order valence-corrected chi connectivity index (χ1v) is 6.93. The number of nitrogen functional groups attached to an aromatic ring is 1. The maximum absolute atomic E-state index is 5.95. The van der Waals surface area contributed by atoms with Crippen LogP contribution in [0.2, 0.25) is 0 Å². The van der Waals surface area contributed by atoms with E-state index in [1.54, 1.807) is 0 Å². The number of anilines is 1. The van der Waals surface area contributed by atoms with Crippen molar-refractivity contribution in [3.05, 3.63) is 45.3 Å². The SMILES string of the molecule is Nc1cc(Br)cc2[nH]c(-c3ccc(Br)cc3)nc12. The summed E-state index contributed by atoms with van der Waals surface area (Å²) in [5.41, 5.74) is 9.38. The van der Waals surface area contributed by atoms with Crippen molar-refractivity contribution in [3.63, 3.8) is 0 Å². The number of H-pyrrole nitrogens is 1. The Kier molecular flexibility index (Phi) is 2.87. The van der Waals surface area contributed by atoms with Crippen molar-refractivity contribution in [2.45, 2.75) is 0 Å². The lowest BCUT2D eigenvalue weighted by molar-refractivity contribution is 1.33. The van der Waals surface area contributed by atoms with Crippen molar-refractivity contribution in [1.29, 1.82) is 0 Å². The van der Waals surface area contributed by atoms with Gasteiger partial charge in [0, 0.05) is 14.5 Å². The number of aromatic nitrogens is 2. The number of nitrogens with zero attached hydrogens (tertiary/aromatic N) is 1. The van der Waals surface area contributed by atoms with E-state index in [0.29, 0.717) is 5.69 Å². The molecule has 3 nitrogen and oxygen atoms in total. The van der Waals surface area contributed by atoms with Crippen LogP contribution in [-0.4, -0.2) is 9.97 Å². The standard InChI is InChI=1S/C13H9Br2N3/c14-8-3-1-7(2-4-8)13-17-11-6-9(15)5-10(16)12(11)18-13/h1-6H,16H2,(H,17,18). The van der Waals surface area contributed by atoms with Crippen LogP contribution in [0.25, 0.3) is 22.4 Å². The van der Waals surface area contributed by atoms with E-state index < -0.39 is 0 Å². The molecule has 18 heavy (non-hydrogen) atoms. The second-order valence-corrected chi connectivity index (χ2v) is 5.81. The van der Waals surface area contributed by atoms with Gasteiger partial charge in [-0.15, -0.1) is 0 Å². The van der Waals surface area contributed by atoms with Gasteiger partial charge < -0.3 is 10.7 Å². The molecule has 0 aliphatic heterocycles. The molecule has 1 aromatic heterocycles. The second kappa shape index (κ2) is 4.40. The summed E-state index contributed by atoms with van der Waals surface area (Å²) in [4.78, 5) is 7.81. The summed E-state index contributed by atoms with van der Waals surface area (Å²) in [6.07, 6.45) is 0. The van der Waals surface area contributed by atoms with Crippen LogP contribution in [0.4, 0.5) is 5.69 Å². The molecule has 0 saturated carbocycles. The molecule has 1 heterocycles. The average molecular weight is 367 g/mol. The van der Waals surface area contributed by atoms with Crippen LogP contribution in [0.3, 0.4) is 0 Å². The van der Waals surface area contributed by atoms with Crippen LogP contribution >= 0.6 is 31.9 Å². The number of halogens is 2. The van der Waals surface area contributed by atoms with Crippen LogP contribution in [-0.2, 0) is 0 Å². The second-order valence-electron chi connectivity index (χ2n) is 3.98. The van der Waals surface area contributed by atoms with Crippen LogP contribution in [0.1, 0.15) is 0 Å². The zero-order valence-electron chi connectivity index (χ0n) is 9.24. The van der Waals surface area contributed by atoms with Gasteiger partial charge in [-0.25, -0.2) is 4.98 Å². The molecule has 0 bridgehead atoms. The Balaban J connectivity index is 2.19. The van der Waals surface area contributed by atoms with E-state index >= 15 is 0 Å². The number of hydrogen-bond donors (Lipinski definition) is 2. The molecular formula is C13H9Br2N3. The Morgan fingerprint density at radius 1 is 1.00 bits per heavy atom. The zero-order valence-corrected chi connectivity index (χ0v) is 12.4. The van der Waals surface area contributed by atoms with Crippen molar-refractivity contribution in [2.24, 2.45) is 0 Å². The van der Waals surface area contributed by atoms with Gasteiger partial charge in [0.15, 0.2) is 0 Å². The van der Waals surface area contributed by atoms with Gasteiger partial charge in [-0.2, -0.15) is 0 Å². The lowest BCUT2D eigenvalue weighted by Crippen LogP contribution is -1.86. The summed E-state index contributed by atoms with van der Waals surface area (Å²) < 4.78 is 1.99. The number of fused-ring (bicyclic) bond motifs is 1. The number of nitrogens with two attached hydrogens (primary N) is 1. The van der Waals surface area contributed by atoms with Crippen molar-refractivity contribution >= 4 is 48.6 Å². The molecular weight excluding hydrogens is 358 g/mol. The van der Waals surface area contributed by atoms with Gasteiger partial charge in [0.1, 0.15) is 11.3 Å². The van der Waals surface area contributed by atoms with E-state index in [1.165, 1.54) is 0 Å². The number of nitrogens with one attached hydrogen (secondary N) is 1. The maximum atomic E-state index is 5.95.